The fourth-order valence-corrected chi connectivity index (χ4v) is 1.08. The van der Waals surface area contributed by atoms with E-state index in [1.165, 1.54) is 7.11 Å². The van der Waals surface area contributed by atoms with Gasteiger partial charge in [0, 0.05) is 5.56 Å². The van der Waals surface area contributed by atoms with Gasteiger partial charge in [-0.05, 0) is 13.0 Å². The maximum absolute atomic E-state index is 12.2. The lowest BCUT2D eigenvalue weighted by molar-refractivity contribution is 0.145. The van der Waals surface area contributed by atoms with E-state index in [9.17, 15) is 8.78 Å². The lowest BCUT2D eigenvalue weighted by Crippen LogP contribution is -1.97. The van der Waals surface area contributed by atoms with Crippen molar-refractivity contribution in [2.45, 2.75) is 13.3 Å². The van der Waals surface area contributed by atoms with Crippen molar-refractivity contribution >= 4 is 11.6 Å². The average molecular weight is 208 g/mol. The Bertz CT molecular complexity index is 317. The van der Waals surface area contributed by atoms with E-state index in [4.69, 9.17) is 16.3 Å². The predicted molar refractivity (Wildman–Crippen MR) is 45.5 cm³/mol. The van der Waals surface area contributed by atoms with Crippen molar-refractivity contribution in [3.05, 3.63) is 22.3 Å². The van der Waals surface area contributed by atoms with Crippen molar-refractivity contribution in [3.8, 4) is 5.88 Å². The summed E-state index contributed by atoms with van der Waals surface area (Å²) in [6, 6.07) is 1.14. The number of aromatic nitrogens is 1. The molecule has 0 aliphatic carbocycles. The van der Waals surface area contributed by atoms with E-state index in [1.807, 2.05) is 0 Å². The number of hydrogen-bond acceptors (Lipinski definition) is 2. The van der Waals surface area contributed by atoms with Crippen LogP contribution < -0.4 is 4.74 Å². The second kappa shape index (κ2) is 3.87. The van der Waals surface area contributed by atoms with Gasteiger partial charge in [-0.1, -0.05) is 11.6 Å². The molecule has 0 saturated heterocycles. The summed E-state index contributed by atoms with van der Waals surface area (Å²) in [5.74, 6) is 0.141. The minimum Gasteiger partial charge on any atom is -0.481 e. The quantitative estimate of drug-likeness (QED) is 0.744. The van der Waals surface area contributed by atoms with Gasteiger partial charge in [-0.2, -0.15) is 0 Å². The molecule has 1 aromatic rings. The molecule has 0 N–H and O–H groups in total. The Labute approximate surface area is 79.5 Å². The van der Waals surface area contributed by atoms with Crippen LogP contribution in [-0.2, 0) is 0 Å². The number of rotatable bonds is 2. The van der Waals surface area contributed by atoms with Crippen molar-refractivity contribution in [1.29, 1.82) is 0 Å². The molecule has 0 amide bonds. The highest BCUT2D eigenvalue weighted by molar-refractivity contribution is 6.31. The highest BCUT2D eigenvalue weighted by Gasteiger charge is 2.14. The molecule has 0 unspecified atom stereocenters. The molecular formula is C8H8ClF2NO. The van der Waals surface area contributed by atoms with Crippen LogP contribution in [0, 0.1) is 6.92 Å². The third-order valence-electron chi connectivity index (χ3n) is 1.60. The van der Waals surface area contributed by atoms with E-state index in [2.05, 4.69) is 4.98 Å². The fraction of sp³-hybridized carbons (Fsp3) is 0.375. The summed E-state index contributed by atoms with van der Waals surface area (Å²) in [5.41, 5.74) is 0.195. The van der Waals surface area contributed by atoms with Crippen molar-refractivity contribution in [2.75, 3.05) is 7.11 Å². The number of pyridine rings is 1. The summed E-state index contributed by atoms with van der Waals surface area (Å²) < 4.78 is 29.2. The summed E-state index contributed by atoms with van der Waals surface area (Å²) in [6.45, 7) is 1.66. The first-order valence-electron chi connectivity index (χ1n) is 3.55. The van der Waals surface area contributed by atoms with E-state index in [0.29, 0.717) is 5.56 Å². The monoisotopic (exact) mass is 207 g/mol. The number of ether oxygens (including phenoxy) is 1. The molecule has 13 heavy (non-hydrogen) atoms. The van der Waals surface area contributed by atoms with Gasteiger partial charge in [0.1, 0.15) is 5.69 Å². The highest BCUT2D eigenvalue weighted by Crippen LogP contribution is 2.28. The van der Waals surface area contributed by atoms with Gasteiger partial charge in [0.15, 0.2) is 0 Å². The molecule has 2 nitrogen and oxygen atoms in total. The molecule has 0 spiro atoms. The molecule has 0 fully saturated rings. The van der Waals surface area contributed by atoms with Crippen LogP contribution in [0.25, 0.3) is 0 Å². The lowest BCUT2D eigenvalue weighted by atomic mass is 10.2. The van der Waals surface area contributed by atoms with E-state index < -0.39 is 6.43 Å². The summed E-state index contributed by atoms with van der Waals surface area (Å²) in [5, 5.41) is 0.238. The Balaban J connectivity index is 3.22. The third-order valence-corrected chi connectivity index (χ3v) is 1.99. The SMILES string of the molecule is COc1nc(C(F)F)cc(Cl)c1C. The third kappa shape index (κ3) is 2.06. The number of hydrogen-bond donors (Lipinski definition) is 0. The molecule has 0 atom stereocenters. The second-order valence-electron chi connectivity index (χ2n) is 2.46. The molecule has 0 aliphatic heterocycles. The van der Waals surface area contributed by atoms with Gasteiger partial charge in [0.05, 0.1) is 12.1 Å². The minimum atomic E-state index is -2.63. The van der Waals surface area contributed by atoms with Crippen molar-refractivity contribution in [1.82, 2.24) is 4.98 Å². The number of methoxy groups -OCH3 is 1. The molecular weight excluding hydrogens is 200 g/mol. The molecule has 0 bridgehead atoms. The molecule has 72 valence electrons. The van der Waals surface area contributed by atoms with E-state index in [1.54, 1.807) is 6.92 Å². The van der Waals surface area contributed by atoms with Crippen molar-refractivity contribution in [2.24, 2.45) is 0 Å². The normalized spacial score (nSPS) is 10.6. The summed E-state index contributed by atoms with van der Waals surface area (Å²) >= 11 is 5.69. The zero-order valence-electron chi connectivity index (χ0n) is 7.14. The zero-order valence-corrected chi connectivity index (χ0v) is 7.90. The number of halogens is 3. The Morgan fingerprint density at radius 1 is 1.54 bits per heavy atom. The van der Waals surface area contributed by atoms with E-state index in [0.717, 1.165) is 6.07 Å². The smallest absolute Gasteiger partial charge is 0.280 e. The van der Waals surface area contributed by atoms with E-state index >= 15 is 0 Å². The van der Waals surface area contributed by atoms with Crippen LogP contribution in [0.3, 0.4) is 0 Å². The molecule has 0 aromatic carbocycles. The van der Waals surface area contributed by atoms with E-state index in [-0.39, 0.29) is 16.6 Å². The molecule has 0 saturated carbocycles. The van der Waals surface area contributed by atoms with Crippen LogP contribution in [0.15, 0.2) is 6.07 Å². The Hall–Kier alpha value is -0.900. The topological polar surface area (TPSA) is 22.1 Å². The van der Waals surface area contributed by atoms with Crippen LogP contribution in [-0.4, -0.2) is 12.1 Å². The largest absolute Gasteiger partial charge is 0.481 e. The molecule has 0 aliphatic rings. The first-order valence-corrected chi connectivity index (χ1v) is 3.93. The molecule has 1 heterocycles. The summed E-state index contributed by atoms with van der Waals surface area (Å²) in [4.78, 5) is 3.59. The number of nitrogens with zero attached hydrogens (tertiary/aromatic N) is 1. The first kappa shape index (κ1) is 10.2. The Morgan fingerprint density at radius 2 is 2.15 bits per heavy atom. The minimum absolute atomic E-state index is 0.141. The predicted octanol–water partition coefficient (Wildman–Crippen LogP) is 2.99. The standard InChI is InChI=1S/C8H8ClF2NO/c1-4-5(9)3-6(7(10)11)12-8(4)13-2/h3,7H,1-2H3. The molecule has 5 heteroatoms. The van der Waals surface area contributed by atoms with Gasteiger partial charge in [0.25, 0.3) is 6.43 Å². The highest BCUT2D eigenvalue weighted by atomic mass is 35.5. The van der Waals surface area contributed by atoms with Crippen LogP contribution in [0.1, 0.15) is 17.7 Å². The van der Waals surface area contributed by atoms with Crippen LogP contribution in [0.5, 0.6) is 5.88 Å². The maximum atomic E-state index is 12.2. The fourth-order valence-electron chi connectivity index (χ4n) is 0.884. The van der Waals surface area contributed by atoms with Gasteiger partial charge >= 0.3 is 0 Å². The Kier molecular flexibility index (Phi) is 3.03. The van der Waals surface area contributed by atoms with Crippen LogP contribution in [0.4, 0.5) is 8.78 Å². The number of alkyl halides is 2. The van der Waals surface area contributed by atoms with Gasteiger partial charge in [0.2, 0.25) is 5.88 Å². The molecule has 1 rings (SSSR count). The van der Waals surface area contributed by atoms with Gasteiger partial charge in [-0.3, -0.25) is 0 Å². The Morgan fingerprint density at radius 3 is 2.62 bits per heavy atom. The van der Waals surface area contributed by atoms with Crippen LogP contribution in [0.2, 0.25) is 5.02 Å². The lowest BCUT2D eigenvalue weighted by Gasteiger charge is -2.07. The van der Waals surface area contributed by atoms with Crippen LogP contribution >= 0.6 is 11.6 Å². The second-order valence-corrected chi connectivity index (χ2v) is 2.87. The zero-order chi connectivity index (χ0) is 10.0. The molecule has 0 radical (unpaired) electrons. The summed E-state index contributed by atoms with van der Waals surface area (Å²) in [7, 11) is 1.36. The summed E-state index contributed by atoms with van der Waals surface area (Å²) in [6.07, 6.45) is -2.63. The maximum Gasteiger partial charge on any atom is 0.280 e. The first-order chi connectivity index (χ1) is 6.06. The van der Waals surface area contributed by atoms with Crippen molar-refractivity contribution < 1.29 is 13.5 Å². The average Bonchev–Trinajstić information content (AvgIpc) is 2.09. The van der Waals surface area contributed by atoms with Crippen molar-refractivity contribution in [3.63, 3.8) is 0 Å². The van der Waals surface area contributed by atoms with Gasteiger partial charge in [-0.25, -0.2) is 13.8 Å². The van der Waals surface area contributed by atoms with Gasteiger partial charge < -0.3 is 4.74 Å². The molecule has 1 aromatic heterocycles. The van der Waals surface area contributed by atoms with Gasteiger partial charge in [-0.15, -0.1) is 0 Å².